The van der Waals surface area contributed by atoms with Gasteiger partial charge >= 0.3 is 17.9 Å². The molecule has 4 aliphatic carbocycles. The van der Waals surface area contributed by atoms with Crippen molar-refractivity contribution in [1.82, 2.24) is 0 Å². The van der Waals surface area contributed by atoms with E-state index in [-0.39, 0.29) is 77.4 Å². The standard InChI is InChI=1S/C36H58O8/c1-9-33(3,4)32(41)43-22-14-15-35(7)21(16-22)17-26(37)29-24-12-11-23(36(24,8)27(38)18-25(29)35)20(2)10-13-28(39)44-30-31(40)42-19-34(30,5)6/h20-27,29-30,37-38H,9-19H2,1-8H3/t20?,21?,22-,23?,24?,25?,26+,27-,29?,30?,35-,36+/m0/s1. The molecule has 0 radical (unpaired) electrons. The highest BCUT2D eigenvalue weighted by molar-refractivity contribution is 5.81. The number of ether oxygens (including phenoxy) is 3. The van der Waals surface area contributed by atoms with Crippen LogP contribution in [0.3, 0.4) is 0 Å². The van der Waals surface area contributed by atoms with Crippen molar-refractivity contribution in [1.29, 1.82) is 0 Å². The van der Waals surface area contributed by atoms with Crippen LogP contribution in [0.25, 0.3) is 0 Å². The molecule has 44 heavy (non-hydrogen) atoms. The third kappa shape index (κ3) is 5.62. The van der Waals surface area contributed by atoms with Crippen molar-refractivity contribution in [2.75, 3.05) is 6.61 Å². The van der Waals surface area contributed by atoms with Gasteiger partial charge in [0.05, 0.1) is 17.6 Å². The van der Waals surface area contributed by atoms with Gasteiger partial charge in [0.2, 0.25) is 6.10 Å². The van der Waals surface area contributed by atoms with Crippen molar-refractivity contribution in [3.05, 3.63) is 0 Å². The second-order valence-electron chi connectivity index (χ2n) is 17.1. The van der Waals surface area contributed by atoms with Gasteiger partial charge in [-0.3, -0.25) is 9.59 Å². The third-order valence-corrected chi connectivity index (χ3v) is 13.8. The molecule has 0 aromatic rings. The average Bonchev–Trinajstić information content (AvgIpc) is 3.44. The summed E-state index contributed by atoms with van der Waals surface area (Å²) in [6.07, 6.45) is 5.61. The lowest BCUT2D eigenvalue weighted by molar-refractivity contribution is -0.210. The van der Waals surface area contributed by atoms with Crippen LogP contribution in [-0.4, -0.2) is 59.1 Å². The Hall–Kier alpha value is -1.67. The molecule has 8 nitrogen and oxygen atoms in total. The van der Waals surface area contributed by atoms with Crippen molar-refractivity contribution in [2.24, 2.45) is 57.2 Å². The molecule has 1 heterocycles. The van der Waals surface area contributed by atoms with Crippen molar-refractivity contribution in [2.45, 2.75) is 144 Å². The van der Waals surface area contributed by atoms with Crippen molar-refractivity contribution >= 4 is 17.9 Å². The van der Waals surface area contributed by atoms with Crippen molar-refractivity contribution in [3.63, 3.8) is 0 Å². The van der Waals surface area contributed by atoms with Gasteiger partial charge in [-0.1, -0.05) is 41.5 Å². The summed E-state index contributed by atoms with van der Waals surface area (Å²) in [4.78, 5) is 37.7. The molecule has 1 saturated heterocycles. The van der Waals surface area contributed by atoms with E-state index in [1.165, 1.54) is 0 Å². The topological polar surface area (TPSA) is 119 Å². The smallest absolute Gasteiger partial charge is 0.348 e. The fourth-order valence-corrected chi connectivity index (χ4v) is 10.3. The van der Waals surface area contributed by atoms with Gasteiger partial charge in [-0.2, -0.15) is 0 Å². The van der Waals surface area contributed by atoms with Gasteiger partial charge < -0.3 is 24.4 Å². The molecule has 250 valence electrons. The molecule has 5 aliphatic rings. The minimum atomic E-state index is -0.862. The molecule has 7 unspecified atom stereocenters. The Balaban J connectivity index is 1.24. The maximum atomic E-state index is 12.8. The second-order valence-corrected chi connectivity index (χ2v) is 17.1. The van der Waals surface area contributed by atoms with E-state index >= 15 is 0 Å². The molecule has 1 aliphatic heterocycles. The Morgan fingerprint density at radius 1 is 1.02 bits per heavy atom. The average molecular weight is 619 g/mol. The predicted molar refractivity (Wildman–Crippen MR) is 165 cm³/mol. The van der Waals surface area contributed by atoms with Gasteiger partial charge in [-0.25, -0.2) is 4.79 Å². The number of esters is 3. The first kappa shape index (κ1) is 33.7. The lowest BCUT2D eigenvalue weighted by atomic mass is 9.43. The Morgan fingerprint density at radius 3 is 2.36 bits per heavy atom. The van der Waals surface area contributed by atoms with Crippen LogP contribution in [0.15, 0.2) is 0 Å². The van der Waals surface area contributed by atoms with Crippen LogP contribution in [0.4, 0.5) is 0 Å². The van der Waals surface area contributed by atoms with E-state index in [0.29, 0.717) is 12.8 Å². The molecule has 8 heteroatoms. The number of cyclic esters (lactones) is 1. The van der Waals surface area contributed by atoms with E-state index in [2.05, 4.69) is 20.8 Å². The quantitative estimate of drug-likeness (QED) is 0.257. The monoisotopic (exact) mass is 618 g/mol. The van der Waals surface area contributed by atoms with Crippen LogP contribution < -0.4 is 0 Å². The molecule has 4 saturated carbocycles. The Bertz CT molecular complexity index is 1120. The van der Waals surface area contributed by atoms with Gasteiger partial charge in [0.25, 0.3) is 0 Å². The fraction of sp³-hybridized carbons (Fsp3) is 0.917. The summed E-state index contributed by atoms with van der Waals surface area (Å²) < 4.78 is 16.7. The molecule has 0 spiro atoms. The first-order valence-electron chi connectivity index (χ1n) is 17.4. The van der Waals surface area contributed by atoms with E-state index in [0.717, 1.165) is 44.9 Å². The second kappa shape index (κ2) is 11.8. The number of aliphatic hydroxyl groups excluding tert-OH is 2. The Kier molecular flexibility index (Phi) is 9.07. The van der Waals surface area contributed by atoms with E-state index in [9.17, 15) is 24.6 Å². The van der Waals surface area contributed by atoms with E-state index in [1.807, 2.05) is 34.6 Å². The van der Waals surface area contributed by atoms with Crippen LogP contribution in [0.5, 0.6) is 0 Å². The number of hydrogen-bond acceptors (Lipinski definition) is 8. The normalized spacial score (nSPS) is 43.7. The predicted octanol–water partition coefficient (Wildman–Crippen LogP) is 5.85. The van der Waals surface area contributed by atoms with Crippen LogP contribution in [0, 0.1) is 57.2 Å². The Labute approximate surface area is 264 Å². The molecule has 12 atom stereocenters. The highest BCUT2D eigenvalue weighted by Crippen LogP contribution is 2.68. The number of fused-ring (bicyclic) bond motifs is 5. The van der Waals surface area contributed by atoms with Gasteiger partial charge in [0.15, 0.2) is 0 Å². The number of hydrogen-bond donors (Lipinski definition) is 2. The van der Waals surface area contributed by atoms with Gasteiger partial charge in [0.1, 0.15) is 12.7 Å². The summed E-state index contributed by atoms with van der Waals surface area (Å²) in [5.74, 6) is 0.295. The molecule has 5 fully saturated rings. The zero-order valence-electron chi connectivity index (χ0n) is 28.4. The molecule has 0 amide bonds. The maximum Gasteiger partial charge on any atom is 0.348 e. The maximum absolute atomic E-state index is 12.8. The lowest BCUT2D eigenvalue weighted by Crippen LogP contribution is -2.62. The number of rotatable bonds is 8. The van der Waals surface area contributed by atoms with Gasteiger partial charge in [-0.15, -0.1) is 0 Å². The largest absolute Gasteiger partial charge is 0.462 e. The molecule has 0 aromatic carbocycles. The summed E-state index contributed by atoms with van der Waals surface area (Å²) in [6.45, 7) is 16.6. The summed E-state index contributed by atoms with van der Waals surface area (Å²) in [6, 6.07) is 0. The highest BCUT2D eigenvalue weighted by Gasteiger charge is 2.66. The summed E-state index contributed by atoms with van der Waals surface area (Å²) >= 11 is 0. The summed E-state index contributed by atoms with van der Waals surface area (Å²) in [5.41, 5.74) is -1.35. The van der Waals surface area contributed by atoms with E-state index in [4.69, 9.17) is 14.2 Å². The Morgan fingerprint density at radius 2 is 1.73 bits per heavy atom. The SMILES string of the molecule is CCC(C)(C)C(=O)O[C@H]1CC[C@@]2(C)C(C1)C[C@@H](O)C1C2C[C@H](O)[C@]2(C)C(C(C)CCC(=O)OC3C(=O)OCC3(C)C)CCC12. The molecule has 2 N–H and O–H groups in total. The molecule has 0 bridgehead atoms. The zero-order valence-corrected chi connectivity index (χ0v) is 28.4. The third-order valence-electron chi connectivity index (χ3n) is 13.8. The molecule has 0 aromatic heterocycles. The molecular formula is C36H58O8. The van der Waals surface area contributed by atoms with E-state index < -0.39 is 35.1 Å². The minimum Gasteiger partial charge on any atom is -0.462 e. The summed E-state index contributed by atoms with van der Waals surface area (Å²) in [7, 11) is 0. The number of carbonyl (C=O) groups is 3. The van der Waals surface area contributed by atoms with E-state index in [1.54, 1.807) is 0 Å². The van der Waals surface area contributed by atoms with Crippen molar-refractivity contribution in [3.8, 4) is 0 Å². The highest BCUT2D eigenvalue weighted by atomic mass is 16.6. The first-order chi connectivity index (χ1) is 20.5. The zero-order chi connectivity index (χ0) is 32.4. The molecular weight excluding hydrogens is 560 g/mol. The van der Waals surface area contributed by atoms with Crippen LogP contribution in [0.2, 0.25) is 0 Å². The minimum absolute atomic E-state index is 0.00197. The molecule has 5 rings (SSSR count). The number of carbonyl (C=O) groups excluding carboxylic acids is 3. The van der Waals surface area contributed by atoms with Gasteiger partial charge in [0, 0.05) is 11.8 Å². The lowest BCUT2D eigenvalue weighted by Gasteiger charge is -2.63. The van der Waals surface area contributed by atoms with Crippen LogP contribution in [-0.2, 0) is 28.6 Å². The fourth-order valence-electron chi connectivity index (χ4n) is 10.3. The van der Waals surface area contributed by atoms with Crippen LogP contribution in [0.1, 0.15) is 120 Å². The van der Waals surface area contributed by atoms with Gasteiger partial charge in [-0.05, 0) is 118 Å². The first-order valence-corrected chi connectivity index (χ1v) is 17.4. The summed E-state index contributed by atoms with van der Waals surface area (Å²) in [5, 5.41) is 23.7. The van der Waals surface area contributed by atoms with Crippen molar-refractivity contribution < 1.29 is 38.8 Å². The van der Waals surface area contributed by atoms with Crippen LogP contribution >= 0.6 is 0 Å². The number of aliphatic hydroxyl groups is 2.